The van der Waals surface area contributed by atoms with Gasteiger partial charge in [-0.15, -0.1) is 11.3 Å². The topological polar surface area (TPSA) is 74.8 Å². The van der Waals surface area contributed by atoms with Crippen molar-refractivity contribution in [3.05, 3.63) is 45.8 Å². The van der Waals surface area contributed by atoms with E-state index < -0.39 is 0 Å². The number of hydrogen-bond acceptors (Lipinski definition) is 5. The van der Waals surface area contributed by atoms with Gasteiger partial charge in [0.25, 0.3) is 5.56 Å². The highest BCUT2D eigenvalue weighted by molar-refractivity contribution is 8.00. The molecule has 8 heteroatoms. The van der Waals surface area contributed by atoms with Gasteiger partial charge in [0, 0.05) is 17.0 Å². The minimum absolute atomic E-state index is 0.0298. The predicted molar refractivity (Wildman–Crippen MR) is 111 cm³/mol. The van der Waals surface area contributed by atoms with Crippen molar-refractivity contribution in [1.29, 1.82) is 0 Å². The number of hydrogen-bond donors (Lipinski definition) is 2. The van der Waals surface area contributed by atoms with Gasteiger partial charge in [-0.1, -0.05) is 36.7 Å². The predicted octanol–water partition coefficient (Wildman–Crippen LogP) is 4.33. The fraction of sp³-hybridized carbons (Fsp3) is 0.350. The minimum Gasteiger partial charge on any atom is -0.352 e. The first-order valence-electron chi connectivity index (χ1n) is 9.26. The fourth-order valence-corrected chi connectivity index (χ4v) is 5.25. The van der Waals surface area contributed by atoms with E-state index in [-0.39, 0.29) is 28.6 Å². The van der Waals surface area contributed by atoms with Crippen LogP contribution in [0.5, 0.6) is 0 Å². The standard InChI is InChI=1S/C20H20FN3O2S2/c1-11(17(25)22-14-4-2-3-5-14)28-20-23-18(26)16-15(10-27-19(16)24-20)12-6-8-13(21)9-7-12/h6-11,14H,2-5H2,1H3,(H,22,25)(H,23,24,26)/t11-/m1/s1. The van der Waals surface area contributed by atoms with Crippen molar-refractivity contribution in [2.24, 2.45) is 0 Å². The quantitative estimate of drug-likeness (QED) is 0.479. The van der Waals surface area contributed by atoms with E-state index in [1.54, 1.807) is 12.1 Å². The van der Waals surface area contributed by atoms with Gasteiger partial charge in [-0.3, -0.25) is 9.59 Å². The fourth-order valence-electron chi connectivity index (χ4n) is 3.44. The van der Waals surface area contributed by atoms with Crippen LogP contribution in [0.3, 0.4) is 0 Å². The highest BCUT2D eigenvalue weighted by atomic mass is 32.2. The summed E-state index contributed by atoms with van der Waals surface area (Å²) in [5, 5.41) is 5.50. The van der Waals surface area contributed by atoms with Crippen LogP contribution in [0.2, 0.25) is 0 Å². The van der Waals surface area contributed by atoms with Crippen molar-refractivity contribution in [2.75, 3.05) is 0 Å². The van der Waals surface area contributed by atoms with E-state index in [1.807, 2.05) is 12.3 Å². The molecule has 2 heterocycles. The number of aromatic nitrogens is 2. The Morgan fingerprint density at radius 1 is 1.32 bits per heavy atom. The number of rotatable bonds is 5. The van der Waals surface area contributed by atoms with Crippen molar-refractivity contribution < 1.29 is 9.18 Å². The molecule has 0 aliphatic heterocycles. The van der Waals surface area contributed by atoms with Gasteiger partial charge in [0.2, 0.25) is 5.91 Å². The Bertz CT molecular complexity index is 1060. The number of benzene rings is 1. The Morgan fingerprint density at radius 3 is 2.75 bits per heavy atom. The number of fused-ring (bicyclic) bond motifs is 1. The summed E-state index contributed by atoms with van der Waals surface area (Å²) in [5.41, 5.74) is 1.25. The monoisotopic (exact) mass is 417 g/mol. The molecule has 3 aromatic rings. The van der Waals surface area contributed by atoms with Crippen LogP contribution in [0.25, 0.3) is 21.3 Å². The first-order chi connectivity index (χ1) is 13.5. The number of halogens is 1. The van der Waals surface area contributed by atoms with Crippen molar-refractivity contribution >= 4 is 39.2 Å². The molecule has 0 bridgehead atoms. The van der Waals surface area contributed by atoms with E-state index in [0.29, 0.717) is 15.4 Å². The van der Waals surface area contributed by atoms with Crippen LogP contribution in [-0.2, 0) is 4.79 Å². The third-order valence-electron chi connectivity index (χ3n) is 4.94. The van der Waals surface area contributed by atoms with E-state index in [4.69, 9.17) is 0 Å². The van der Waals surface area contributed by atoms with E-state index in [9.17, 15) is 14.0 Å². The van der Waals surface area contributed by atoms with Crippen LogP contribution in [0.1, 0.15) is 32.6 Å². The lowest BCUT2D eigenvalue weighted by Gasteiger charge is -2.15. The Hall–Kier alpha value is -2.19. The molecule has 4 rings (SSSR count). The van der Waals surface area contributed by atoms with Gasteiger partial charge in [-0.2, -0.15) is 0 Å². The Labute approximate surface area is 169 Å². The summed E-state index contributed by atoms with van der Waals surface area (Å²) >= 11 is 2.61. The Kier molecular flexibility index (Phi) is 5.50. The molecule has 1 fully saturated rings. The summed E-state index contributed by atoms with van der Waals surface area (Å²) < 4.78 is 13.2. The number of amides is 1. The van der Waals surface area contributed by atoms with Crippen molar-refractivity contribution in [3.63, 3.8) is 0 Å². The van der Waals surface area contributed by atoms with Crippen LogP contribution in [-0.4, -0.2) is 27.2 Å². The van der Waals surface area contributed by atoms with Gasteiger partial charge < -0.3 is 10.3 Å². The van der Waals surface area contributed by atoms with E-state index in [2.05, 4.69) is 15.3 Å². The molecule has 1 atom stereocenters. The maximum absolute atomic E-state index is 13.2. The molecule has 1 aliphatic carbocycles. The Morgan fingerprint density at radius 2 is 2.04 bits per heavy atom. The molecule has 1 aliphatic rings. The highest BCUT2D eigenvalue weighted by Gasteiger charge is 2.22. The van der Waals surface area contributed by atoms with Crippen molar-refractivity contribution in [1.82, 2.24) is 15.3 Å². The summed E-state index contributed by atoms with van der Waals surface area (Å²) in [6.45, 7) is 1.82. The number of nitrogens with one attached hydrogen (secondary N) is 2. The highest BCUT2D eigenvalue weighted by Crippen LogP contribution is 2.32. The second-order valence-corrected chi connectivity index (χ2v) is 9.15. The second kappa shape index (κ2) is 8.05. The number of thiophene rings is 1. The molecular weight excluding hydrogens is 397 g/mol. The summed E-state index contributed by atoms with van der Waals surface area (Å²) in [7, 11) is 0. The first kappa shape index (κ1) is 19.1. The van der Waals surface area contributed by atoms with Crippen LogP contribution in [0, 0.1) is 5.82 Å². The second-order valence-electron chi connectivity index (χ2n) is 6.96. The molecule has 1 saturated carbocycles. The molecule has 5 nitrogen and oxygen atoms in total. The Balaban J connectivity index is 1.55. The van der Waals surface area contributed by atoms with E-state index >= 15 is 0 Å². The average Bonchev–Trinajstić information content (AvgIpc) is 3.32. The molecular formula is C20H20FN3O2S2. The van der Waals surface area contributed by atoms with Crippen LogP contribution in [0.4, 0.5) is 4.39 Å². The smallest absolute Gasteiger partial charge is 0.260 e. The van der Waals surface area contributed by atoms with Gasteiger partial charge >= 0.3 is 0 Å². The zero-order chi connectivity index (χ0) is 19.7. The molecule has 0 saturated heterocycles. The molecule has 1 aromatic carbocycles. The normalized spacial score (nSPS) is 15.8. The van der Waals surface area contributed by atoms with Crippen molar-refractivity contribution in [3.8, 4) is 11.1 Å². The maximum Gasteiger partial charge on any atom is 0.260 e. The van der Waals surface area contributed by atoms with Crippen LogP contribution >= 0.6 is 23.1 Å². The zero-order valence-electron chi connectivity index (χ0n) is 15.3. The van der Waals surface area contributed by atoms with E-state index in [0.717, 1.165) is 36.8 Å². The first-order valence-corrected chi connectivity index (χ1v) is 11.0. The van der Waals surface area contributed by atoms with Gasteiger partial charge in [0.05, 0.1) is 10.6 Å². The number of carbonyl (C=O) groups excluding carboxylic acids is 1. The van der Waals surface area contributed by atoms with Gasteiger partial charge in [-0.05, 0) is 37.5 Å². The average molecular weight is 418 g/mol. The van der Waals surface area contributed by atoms with Gasteiger partial charge in [0.15, 0.2) is 5.16 Å². The lowest BCUT2D eigenvalue weighted by Crippen LogP contribution is -2.37. The van der Waals surface area contributed by atoms with Crippen LogP contribution < -0.4 is 10.9 Å². The minimum atomic E-state index is -0.349. The third kappa shape index (κ3) is 3.98. The molecule has 2 aromatic heterocycles. The number of thioether (sulfide) groups is 1. The lowest BCUT2D eigenvalue weighted by atomic mass is 10.1. The van der Waals surface area contributed by atoms with Gasteiger partial charge in [-0.25, -0.2) is 9.37 Å². The summed E-state index contributed by atoms with van der Waals surface area (Å²) in [6, 6.07) is 6.30. The lowest BCUT2D eigenvalue weighted by molar-refractivity contribution is -0.120. The largest absolute Gasteiger partial charge is 0.352 e. The van der Waals surface area contributed by atoms with Gasteiger partial charge in [0.1, 0.15) is 10.6 Å². The van der Waals surface area contributed by atoms with E-state index in [1.165, 1.54) is 35.2 Å². The number of carbonyl (C=O) groups is 1. The molecule has 0 unspecified atom stereocenters. The molecule has 146 valence electrons. The summed E-state index contributed by atoms with van der Waals surface area (Å²) in [6.07, 6.45) is 4.39. The summed E-state index contributed by atoms with van der Waals surface area (Å²) in [4.78, 5) is 33.0. The molecule has 0 spiro atoms. The third-order valence-corrected chi connectivity index (χ3v) is 6.79. The number of H-pyrrole nitrogens is 1. The molecule has 28 heavy (non-hydrogen) atoms. The van der Waals surface area contributed by atoms with Crippen molar-refractivity contribution in [2.45, 2.75) is 49.1 Å². The van der Waals surface area contributed by atoms with Crippen LogP contribution in [0.15, 0.2) is 39.6 Å². The number of nitrogens with zero attached hydrogens (tertiary/aromatic N) is 1. The zero-order valence-corrected chi connectivity index (χ0v) is 17.0. The molecule has 0 radical (unpaired) electrons. The number of aromatic amines is 1. The summed E-state index contributed by atoms with van der Waals surface area (Å²) in [5.74, 6) is -0.350. The maximum atomic E-state index is 13.2. The molecule has 1 amide bonds. The SMILES string of the molecule is C[C@@H](Sc1nc2scc(-c3ccc(F)cc3)c2c(=O)[nH]1)C(=O)NC1CCCC1. The molecule has 2 N–H and O–H groups in total.